The first-order valence-electron chi connectivity index (χ1n) is 7.73. The molecule has 2 N–H and O–H groups in total. The number of hydrogen-bond acceptors (Lipinski definition) is 2. The fraction of sp³-hybridized carbons (Fsp3) is 0.263. The van der Waals surface area contributed by atoms with Crippen molar-refractivity contribution in [3.05, 3.63) is 71.3 Å². The van der Waals surface area contributed by atoms with Crippen LogP contribution in [-0.4, -0.2) is 18.4 Å². The van der Waals surface area contributed by atoms with Crippen molar-refractivity contribution in [3.63, 3.8) is 0 Å². The summed E-state index contributed by atoms with van der Waals surface area (Å²) in [4.78, 5) is 23.1. The van der Waals surface area contributed by atoms with E-state index in [9.17, 15) is 9.59 Å². The standard InChI is InChI=1S/C19H22N2O2/c1-14(17-6-4-3-5-7-17)12-21-19(23)18-10-8-16(9-11-18)13-20-15(2)22/h3-11,14H,12-13H2,1-2H3,(H,20,22)(H,21,23). The van der Waals surface area contributed by atoms with Crippen LogP contribution in [-0.2, 0) is 11.3 Å². The molecule has 2 aromatic carbocycles. The second kappa shape index (κ2) is 8.13. The van der Waals surface area contributed by atoms with Crippen molar-refractivity contribution < 1.29 is 9.59 Å². The van der Waals surface area contributed by atoms with Crippen molar-refractivity contribution in [2.24, 2.45) is 0 Å². The van der Waals surface area contributed by atoms with Gasteiger partial charge in [-0.2, -0.15) is 0 Å². The Morgan fingerprint density at radius 3 is 2.22 bits per heavy atom. The van der Waals surface area contributed by atoms with Crippen LogP contribution in [0.15, 0.2) is 54.6 Å². The summed E-state index contributed by atoms with van der Waals surface area (Å²) < 4.78 is 0. The molecular formula is C19H22N2O2. The van der Waals surface area contributed by atoms with Gasteiger partial charge < -0.3 is 10.6 Å². The van der Waals surface area contributed by atoms with Gasteiger partial charge in [-0.05, 0) is 29.2 Å². The lowest BCUT2D eigenvalue weighted by molar-refractivity contribution is -0.119. The molecule has 2 aromatic rings. The Balaban J connectivity index is 1.87. The molecule has 120 valence electrons. The van der Waals surface area contributed by atoms with E-state index in [2.05, 4.69) is 29.7 Å². The van der Waals surface area contributed by atoms with Gasteiger partial charge in [0.2, 0.25) is 5.91 Å². The van der Waals surface area contributed by atoms with Crippen LogP contribution in [0.2, 0.25) is 0 Å². The number of amides is 2. The van der Waals surface area contributed by atoms with Crippen molar-refractivity contribution in [3.8, 4) is 0 Å². The zero-order valence-corrected chi connectivity index (χ0v) is 13.5. The number of carbonyl (C=O) groups excluding carboxylic acids is 2. The zero-order valence-electron chi connectivity index (χ0n) is 13.5. The highest BCUT2D eigenvalue weighted by Gasteiger charge is 2.09. The van der Waals surface area contributed by atoms with Crippen molar-refractivity contribution in [1.82, 2.24) is 10.6 Å². The average molecular weight is 310 g/mol. The van der Waals surface area contributed by atoms with Gasteiger partial charge in [-0.25, -0.2) is 0 Å². The SMILES string of the molecule is CC(=O)NCc1ccc(C(=O)NCC(C)c2ccccc2)cc1. The number of nitrogens with one attached hydrogen (secondary N) is 2. The van der Waals surface area contributed by atoms with Gasteiger partial charge in [0.15, 0.2) is 0 Å². The normalized spacial score (nSPS) is 11.6. The highest BCUT2D eigenvalue weighted by Crippen LogP contribution is 2.13. The van der Waals surface area contributed by atoms with E-state index in [0.717, 1.165) is 5.56 Å². The topological polar surface area (TPSA) is 58.2 Å². The Kier molecular flexibility index (Phi) is 5.92. The Morgan fingerprint density at radius 1 is 0.957 bits per heavy atom. The summed E-state index contributed by atoms with van der Waals surface area (Å²) in [6.07, 6.45) is 0. The van der Waals surface area contributed by atoms with E-state index >= 15 is 0 Å². The molecule has 0 fully saturated rings. The highest BCUT2D eigenvalue weighted by atomic mass is 16.2. The van der Waals surface area contributed by atoms with Gasteiger partial charge >= 0.3 is 0 Å². The Morgan fingerprint density at radius 2 is 1.61 bits per heavy atom. The summed E-state index contributed by atoms with van der Waals surface area (Å²) in [5.41, 5.74) is 2.80. The van der Waals surface area contributed by atoms with Gasteiger partial charge in [-0.1, -0.05) is 49.4 Å². The lowest BCUT2D eigenvalue weighted by Crippen LogP contribution is -2.27. The molecular weight excluding hydrogens is 288 g/mol. The molecule has 0 saturated heterocycles. The molecule has 0 aliphatic carbocycles. The van der Waals surface area contributed by atoms with Crippen LogP contribution in [0.4, 0.5) is 0 Å². The molecule has 2 rings (SSSR count). The van der Waals surface area contributed by atoms with E-state index in [1.54, 1.807) is 12.1 Å². The quantitative estimate of drug-likeness (QED) is 0.862. The largest absolute Gasteiger partial charge is 0.352 e. The smallest absolute Gasteiger partial charge is 0.251 e. The Labute approximate surface area is 136 Å². The van der Waals surface area contributed by atoms with E-state index in [0.29, 0.717) is 18.7 Å². The number of carbonyl (C=O) groups is 2. The number of benzene rings is 2. The molecule has 0 radical (unpaired) electrons. The molecule has 4 nitrogen and oxygen atoms in total. The van der Waals surface area contributed by atoms with Crippen LogP contribution in [0, 0.1) is 0 Å². The van der Waals surface area contributed by atoms with Crippen molar-refractivity contribution in [2.45, 2.75) is 26.3 Å². The minimum absolute atomic E-state index is 0.0679. The fourth-order valence-electron chi connectivity index (χ4n) is 2.25. The van der Waals surface area contributed by atoms with Crippen LogP contribution >= 0.6 is 0 Å². The molecule has 1 atom stereocenters. The molecule has 0 saturated carbocycles. The maximum absolute atomic E-state index is 12.2. The van der Waals surface area contributed by atoms with Crippen LogP contribution in [0.25, 0.3) is 0 Å². The first kappa shape index (κ1) is 16.7. The Hall–Kier alpha value is -2.62. The van der Waals surface area contributed by atoms with Crippen LogP contribution < -0.4 is 10.6 Å². The predicted molar refractivity (Wildman–Crippen MR) is 91.2 cm³/mol. The maximum Gasteiger partial charge on any atom is 0.251 e. The van der Waals surface area contributed by atoms with Crippen LogP contribution in [0.1, 0.15) is 41.3 Å². The third-order valence-electron chi connectivity index (χ3n) is 3.69. The van der Waals surface area contributed by atoms with Gasteiger partial charge in [-0.3, -0.25) is 9.59 Å². The molecule has 0 bridgehead atoms. The van der Waals surface area contributed by atoms with E-state index in [1.165, 1.54) is 12.5 Å². The molecule has 1 unspecified atom stereocenters. The summed E-state index contributed by atoms with van der Waals surface area (Å²) in [6, 6.07) is 17.4. The molecule has 0 heterocycles. The van der Waals surface area contributed by atoms with Gasteiger partial charge in [0, 0.05) is 25.6 Å². The summed E-state index contributed by atoms with van der Waals surface area (Å²) >= 11 is 0. The van der Waals surface area contributed by atoms with Crippen molar-refractivity contribution in [2.75, 3.05) is 6.54 Å². The molecule has 23 heavy (non-hydrogen) atoms. The molecule has 2 amide bonds. The molecule has 4 heteroatoms. The molecule has 0 aromatic heterocycles. The minimum atomic E-state index is -0.0844. The van der Waals surface area contributed by atoms with Crippen molar-refractivity contribution >= 4 is 11.8 Å². The van der Waals surface area contributed by atoms with Gasteiger partial charge in [0.25, 0.3) is 5.91 Å². The summed E-state index contributed by atoms with van der Waals surface area (Å²) in [5.74, 6) is 0.111. The minimum Gasteiger partial charge on any atom is -0.352 e. The summed E-state index contributed by atoms with van der Waals surface area (Å²) in [7, 11) is 0. The third-order valence-corrected chi connectivity index (χ3v) is 3.69. The average Bonchev–Trinajstić information content (AvgIpc) is 2.58. The second-order valence-corrected chi connectivity index (χ2v) is 5.63. The maximum atomic E-state index is 12.2. The highest BCUT2D eigenvalue weighted by molar-refractivity contribution is 5.94. The van der Waals surface area contributed by atoms with Gasteiger partial charge in [0.05, 0.1) is 0 Å². The first-order chi connectivity index (χ1) is 11.1. The lowest BCUT2D eigenvalue weighted by Gasteiger charge is -2.13. The van der Waals surface area contributed by atoms with E-state index in [-0.39, 0.29) is 17.7 Å². The Bertz CT molecular complexity index is 651. The number of rotatable bonds is 6. The predicted octanol–water partition coefficient (Wildman–Crippen LogP) is 2.86. The molecule has 0 spiro atoms. The van der Waals surface area contributed by atoms with Crippen molar-refractivity contribution in [1.29, 1.82) is 0 Å². The molecule has 0 aliphatic heterocycles. The van der Waals surface area contributed by atoms with E-state index in [1.807, 2.05) is 30.3 Å². The zero-order chi connectivity index (χ0) is 16.7. The fourth-order valence-corrected chi connectivity index (χ4v) is 2.25. The van der Waals surface area contributed by atoms with Crippen LogP contribution in [0.5, 0.6) is 0 Å². The molecule has 0 aliphatic rings. The summed E-state index contributed by atoms with van der Waals surface area (Å²) in [5, 5.41) is 5.69. The summed E-state index contributed by atoms with van der Waals surface area (Å²) in [6.45, 7) is 4.64. The first-order valence-corrected chi connectivity index (χ1v) is 7.73. The van der Waals surface area contributed by atoms with Gasteiger partial charge in [0.1, 0.15) is 0 Å². The lowest BCUT2D eigenvalue weighted by atomic mass is 10.0. The number of hydrogen-bond donors (Lipinski definition) is 2. The van der Waals surface area contributed by atoms with Crippen LogP contribution in [0.3, 0.4) is 0 Å². The monoisotopic (exact) mass is 310 g/mol. The third kappa shape index (κ3) is 5.25. The van der Waals surface area contributed by atoms with Gasteiger partial charge in [-0.15, -0.1) is 0 Å². The second-order valence-electron chi connectivity index (χ2n) is 5.63. The van der Waals surface area contributed by atoms with E-state index in [4.69, 9.17) is 0 Å². The van der Waals surface area contributed by atoms with E-state index < -0.39 is 0 Å².